The van der Waals surface area contributed by atoms with Crippen LogP contribution in [0.15, 0.2) is 0 Å². The average Bonchev–Trinajstić information content (AvgIpc) is 3.70. The summed E-state index contributed by atoms with van der Waals surface area (Å²) in [6, 6.07) is 0. The summed E-state index contributed by atoms with van der Waals surface area (Å²) in [5, 5.41) is 67.3. The lowest BCUT2D eigenvalue weighted by atomic mass is 9.43. The van der Waals surface area contributed by atoms with Crippen molar-refractivity contribution in [2.45, 2.75) is 194 Å². The molecule has 1 unspecified atom stereocenters. The number of carbonyl (C=O) groups excluding carboxylic acids is 1. The lowest BCUT2D eigenvalue weighted by Crippen LogP contribution is -2.62. The zero-order chi connectivity index (χ0) is 41.0. The van der Waals surface area contributed by atoms with Crippen molar-refractivity contribution in [3.05, 3.63) is 0 Å². The first kappa shape index (κ1) is 42.4. The van der Waals surface area contributed by atoms with Crippen LogP contribution in [0.2, 0.25) is 0 Å². The van der Waals surface area contributed by atoms with Crippen LogP contribution in [0.1, 0.15) is 157 Å². The molecular formula is C48H78O9. The second-order valence-electron chi connectivity index (χ2n) is 22.9. The van der Waals surface area contributed by atoms with Crippen molar-refractivity contribution in [1.82, 2.24) is 0 Å². The highest BCUT2D eigenvalue weighted by atomic mass is 16.5. The van der Waals surface area contributed by atoms with Gasteiger partial charge in [-0.15, -0.1) is 0 Å². The van der Waals surface area contributed by atoms with E-state index in [1.54, 1.807) is 0 Å². The molecule has 0 aromatic rings. The highest BCUT2D eigenvalue weighted by Gasteiger charge is 2.67. The number of rotatable bonds is 9. The molecule has 0 heterocycles. The number of ether oxygens (including phenoxy) is 1. The molecule has 22 atom stereocenters. The minimum absolute atomic E-state index is 0.0343. The Morgan fingerprint density at radius 3 is 1.58 bits per heavy atom. The van der Waals surface area contributed by atoms with E-state index in [1.807, 2.05) is 0 Å². The first-order chi connectivity index (χ1) is 26.8. The minimum atomic E-state index is -0.769. The van der Waals surface area contributed by atoms with Crippen LogP contribution in [0.25, 0.3) is 0 Å². The summed E-state index contributed by atoms with van der Waals surface area (Å²) in [5.74, 6) is 1.86. The monoisotopic (exact) mass is 799 g/mol. The molecule has 0 saturated heterocycles. The maximum atomic E-state index is 13.5. The normalized spacial score (nSPS) is 53.9. The van der Waals surface area contributed by atoms with Crippen molar-refractivity contribution in [3.63, 3.8) is 0 Å². The highest BCUT2D eigenvalue weighted by Crippen LogP contribution is 2.70. The minimum Gasteiger partial charge on any atom is -0.481 e. The molecule has 9 nitrogen and oxygen atoms in total. The van der Waals surface area contributed by atoms with Crippen LogP contribution < -0.4 is 0 Å². The fraction of sp³-hybridized carbons (Fsp3) is 0.958. The lowest BCUT2D eigenvalue weighted by molar-refractivity contribution is -0.209. The van der Waals surface area contributed by atoms with Gasteiger partial charge in [-0.2, -0.15) is 0 Å². The molecule has 8 aliphatic rings. The van der Waals surface area contributed by atoms with Crippen molar-refractivity contribution < 1.29 is 45.0 Å². The van der Waals surface area contributed by atoms with E-state index in [2.05, 4.69) is 41.5 Å². The average molecular weight is 799 g/mol. The molecule has 0 bridgehead atoms. The van der Waals surface area contributed by atoms with Gasteiger partial charge in [-0.05, 0) is 195 Å². The van der Waals surface area contributed by atoms with E-state index in [0.717, 1.165) is 77.0 Å². The summed E-state index contributed by atoms with van der Waals surface area (Å²) in [6.07, 6.45) is 11.5. The van der Waals surface area contributed by atoms with Crippen LogP contribution in [0.4, 0.5) is 0 Å². The van der Waals surface area contributed by atoms with Crippen LogP contribution in [0.3, 0.4) is 0 Å². The Kier molecular flexibility index (Phi) is 11.4. The molecule has 57 heavy (non-hydrogen) atoms. The Hall–Kier alpha value is -1.26. The summed E-state index contributed by atoms with van der Waals surface area (Å²) < 4.78 is 6.25. The molecular weight excluding hydrogens is 721 g/mol. The van der Waals surface area contributed by atoms with Crippen molar-refractivity contribution in [2.24, 2.45) is 92.7 Å². The van der Waals surface area contributed by atoms with E-state index in [0.29, 0.717) is 38.0 Å². The number of hydrogen-bond acceptors (Lipinski definition) is 8. The summed E-state index contributed by atoms with van der Waals surface area (Å²) in [7, 11) is 0. The summed E-state index contributed by atoms with van der Waals surface area (Å²) in [4.78, 5) is 24.9. The Balaban J connectivity index is 0.867. The zero-order valence-corrected chi connectivity index (χ0v) is 36.0. The molecule has 9 heteroatoms. The van der Waals surface area contributed by atoms with Crippen LogP contribution in [0.5, 0.6) is 0 Å². The Morgan fingerprint density at radius 2 is 1.07 bits per heavy atom. The molecule has 8 saturated carbocycles. The first-order valence-corrected chi connectivity index (χ1v) is 23.6. The largest absolute Gasteiger partial charge is 0.481 e. The second-order valence-corrected chi connectivity index (χ2v) is 22.9. The van der Waals surface area contributed by atoms with Gasteiger partial charge in [0, 0.05) is 12.8 Å². The third kappa shape index (κ3) is 6.70. The SMILES string of the molecule is C[C@H](CCC(=O)O[C@@H]1CC[C@@]2(C)[C@@H](C1)C[C@H](O)[C@@H]1[C@@H]2C[C@H](O)[C@]2(C)[C@@H]([C@H](C)CCC(=O)O)CC[C@@H]12)C1CC[C@H]2[C@@H]3[C@@H](O)C[C@@H]4C[C@H](O)CC[C@]4(C)[C@H]3C[C@H](O)[C@]12C. The number of carbonyl (C=O) groups is 2. The Bertz CT molecular complexity index is 1500. The summed E-state index contributed by atoms with van der Waals surface area (Å²) in [6.45, 7) is 13.7. The van der Waals surface area contributed by atoms with Gasteiger partial charge in [-0.3, -0.25) is 9.59 Å². The van der Waals surface area contributed by atoms with Crippen LogP contribution in [-0.4, -0.2) is 79.2 Å². The molecule has 0 radical (unpaired) electrons. The van der Waals surface area contributed by atoms with E-state index < -0.39 is 30.4 Å². The first-order valence-electron chi connectivity index (χ1n) is 23.6. The van der Waals surface area contributed by atoms with E-state index in [4.69, 9.17) is 4.74 Å². The van der Waals surface area contributed by atoms with E-state index >= 15 is 0 Å². The number of aliphatic carboxylic acids is 1. The van der Waals surface area contributed by atoms with Crippen molar-refractivity contribution in [1.29, 1.82) is 0 Å². The molecule has 6 N–H and O–H groups in total. The maximum absolute atomic E-state index is 13.5. The quantitative estimate of drug-likeness (QED) is 0.131. The molecule has 8 fully saturated rings. The van der Waals surface area contributed by atoms with Crippen LogP contribution in [-0.2, 0) is 14.3 Å². The number of aliphatic hydroxyl groups excluding tert-OH is 5. The van der Waals surface area contributed by atoms with Crippen molar-refractivity contribution >= 4 is 11.9 Å². The molecule has 0 aliphatic heterocycles. The summed E-state index contributed by atoms with van der Waals surface area (Å²) >= 11 is 0. The molecule has 0 aromatic carbocycles. The number of carboxylic acids is 1. The number of esters is 1. The maximum Gasteiger partial charge on any atom is 0.306 e. The van der Waals surface area contributed by atoms with Gasteiger partial charge in [0.15, 0.2) is 0 Å². The third-order valence-electron chi connectivity index (χ3n) is 20.9. The van der Waals surface area contributed by atoms with Gasteiger partial charge in [0.25, 0.3) is 0 Å². The summed E-state index contributed by atoms with van der Waals surface area (Å²) in [5.41, 5.74) is -0.595. The molecule has 0 aromatic heterocycles. The van der Waals surface area contributed by atoms with Gasteiger partial charge >= 0.3 is 11.9 Å². The fourth-order valence-corrected chi connectivity index (χ4v) is 17.7. The lowest BCUT2D eigenvalue weighted by Gasteiger charge is -2.63. The fourth-order valence-electron chi connectivity index (χ4n) is 17.7. The number of fused-ring (bicyclic) bond motifs is 10. The molecule has 324 valence electrons. The van der Waals surface area contributed by atoms with Gasteiger partial charge in [0.1, 0.15) is 6.10 Å². The molecule has 8 rings (SSSR count). The molecule has 8 aliphatic carbocycles. The zero-order valence-electron chi connectivity index (χ0n) is 36.0. The van der Waals surface area contributed by atoms with E-state index in [9.17, 15) is 40.2 Å². The number of aliphatic hydroxyl groups is 5. The van der Waals surface area contributed by atoms with E-state index in [-0.39, 0.29) is 111 Å². The standard InChI is InChI=1S/C48H78O9/c1-25(7-13-41(54)55)31-9-11-34-44-36(24-40(53)47(31,34)5)46(4)18-16-30(20-28(46)22-38(44)51)57-42(56)14-8-26(2)32-10-12-33-43-35(23-39(52)48(32,33)6)45(3)17-15-29(49)19-27(45)21-37(43)50/h25-40,43-44,49-53H,7-24H2,1-6H3,(H,54,55)/t25-,26-,27+,28+,29-,30-,31-,32?,33+,34+,35+,36+,37+,38+,39+,40+,43+,44+,45+,46+,47-,48-/m1/s1. The Morgan fingerprint density at radius 1 is 0.596 bits per heavy atom. The van der Waals surface area contributed by atoms with E-state index in [1.165, 1.54) is 0 Å². The molecule has 0 amide bonds. The highest BCUT2D eigenvalue weighted by molar-refractivity contribution is 5.69. The van der Waals surface area contributed by atoms with Crippen LogP contribution >= 0.6 is 0 Å². The van der Waals surface area contributed by atoms with Crippen molar-refractivity contribution in [2.75, 3.05) is 0 Å². The van der Waals surface area contributed by atoms with Gasteiger partial charge in [-0.25, -0.2) is 0 Å². The number of hydrogen-bond donors (Lipinski definition) is 6. The van der Waals surface area contributed by atoms with Gasteiger partial charge < -0.3 is 35.4 Å². The second kappa shape index (κ2) is 15.3. The topological polar surface area (TPSA) is 165 Å². The van der Waals surface area contributed by atoms with Gasteiger partial charge in [0.05, 0.1) is 30.5 Å². The van der Waals surface area contributed by atoms with Gasteiger partial charge in [-0.1, -0.05) is 41.5 Å². The third-order valence-corrected chi connectivity index (χ3v) is 20.9. The molecule has 0 spiro atoms. The smallest absolute Gasteiger partial charge is 0.306 e. The Labute approximate surface area is 342 Å². The predicted molar refractivity (Wildman–Crippen MR) is 216 cm³/mol. The number of carboxylic acid groups (broad SMARTS) is 1. The predicted octanol–water partition coefficient (Wildman–Crippen LogP) is 7.38. The van der Waals surface area contributed by atoms with Crippen molar-refractivity contribution in [3.8, 4) is 0 Å². The van der Waals surface area contributed by atoms with Gasteiger partial charge in [0.2, 0.25) is 0 Å². The van der Waals surface area contributed by atoms with Crippen LogP contribution in [0, 0.1) is 92.7 Å².